The van der Waals surface area contributed by atoms with Crippen molar-refractivity contribution in [2.24, 2.45) is 5.92 Å². The van der Waals surface area contributed by atoms with Crippen LogP contribution in [-0.4, -0.2) is 27.5 Å². The molecule has 31 heavy (non-hydrogen) atoms. The SMILES string of the molecule is CC(C)CB1N[C@@H]([C@@H](C)O[Si](C)(C)C(C)(C)C)C(c2ccccc2)(c2ccccc2)O1. The maximum Gasteiger partial charge on any atom is 0.381 e. The molecule has 0 aromatic heterocycles. The summed E-state index contributed by atoms with van der Waals surface area (Å²) in [6.07, 6.45) is 0.962. The van der Waals surface area contributed by atoms with Gasteiger partial charge in [0.15, 0.2) is 8.32 Å². The zero-order chi connectivity index (χ0) is 22.9. The van der Waals surface area contributed by atoms with E-state index in [4.69, 9.17) is 9.08 Å². The second-order valence-corrected chi connectivity index (χ2v) is 15.7. The van der Waals surface area contributed by atoms with Crippen molar-refractivity contribution in [3.63, 3.8) is 0 Å². The van der Waals surface area contributed by atoms with Gasteiger partial charge in [0, 0.05) is 0 Å². The highest BCUT2D eigenvalue weighted by Gasteiger charge is 2.55. The van der Waals surface area contributed by atoms with E-state index in [0.29, 0.717) is 5.92 Å². The van der Waals surface area contributed by atoms with Crippen LogP contribution in [0.1, 0.15) is 52.7 Å². The minimum absolute atomic E-state index is 0.00142. The van der Waals surface area contributed by atoms with E-state index in [1.54, 1.807) is 0 Å². The third kappa shape index (κ3) is 5.00. The smallest absolute Gasteiger partial charge is 0.381 e. The Balaban J connectivity index is 2.10. The first-order valence-electron chi connectivity index (χ1n) is 11.7. The van der Waals surface area contributed by atoms with Crippen LogP contribution < -0.4 is 5.23 Å². The molecule has 0 saturated carbocycles. The molecule has 3 nitrogen and oxygen atoms in total. The van der Waals surface area contributed by atoms with Crippen molar-refractivity contribution in [3.8, 4) is 0 Å². The van der Waals surface area contributed by atoms with Crippen LogP contribution in [0.5, 0.6) is 0 Å². The summed E-state index contributed by atoms with van der Waals surface area (Å²) in [6.45, 7) is 18.3. The van der Waals surface area contributed by atoms with Gasteiger partial charge in [-0.3, -0.25) is 0 Å². The Morgan fingerprint density at radius 2 is 1.45 bits per heavy atom. The summed E-state index contributed by atoms with van der Waals surface area (Å²) in [5.41, 5.74) is 1.76. The van der Waals surface area contributed by atoms with Crippen LogP contribution in [0.25, 0.3) is 0 Å². The van der Waals surface area contributed by atoms with E-state index < -0.39 is 13.9 Å². The van der Waals surface area contributed by atoms with Gasteiger partial charge in [0.1, 0.15) is 5.60 Å². The molecule has 5 heteroatoms. The van der Waals surface area contributed by atoms with E-state index in [1.807, 2.05) is 0 Å². The van der Waals surface area contributed by atoms with Crippen molar-refractivity contribution in [1.29, 1.82) is 0 Å². The first-order valence-corrected chi connectivity index (χ1v) is 14.6. The maximum atomic E-state index is 6.99. The number of benzene rings is 2. The molecule has 1 saturated heterocycles. The molecule has 0 radical (unpaired) electrons. The molecule has 1 heterocycles. The third-order valence-corrected chi connectivity index (χ3v) is 11.6. The molecule has 168 valence electrons. The van der Waals surface area contributed by atoms with Crippen molar-refractivity contribution < 1.29 is 9.08 Å². The van der Waals surface area contributed by atoms with Gasteiger partial charge in [-0.05, 0) is 48.4 Å². The van der Waals surface area contributed by atoms with Crippen molar-refractivity contribution in [1.82, 2.24) is 5.23 Å². The molecule has 2 aromatic rings. The molecule has 0 spiro atoms. The lowest BCUT2D eigenvalue weighted by atomic mass is 9.74. The highest BCUT2D eigenvalue weighted by molar-refractivity contribution is 6.74. The molecule has 1 fully saturated rings. The van der Waals surface area contributed by atoms with Crippen LogP contribution in [0, 0.1) is 5.92 Å². The fraction of sp³-hybridized carbons (Fsp3) is 0.538. The standard InChI is InChI=1S/C26H40BNO2Si/c1-20(2)19-27-28-24(21(3)29-31(7,8)25(4,5)6)26(30-27,22-15-11-9-12-16-22)23-17-13-10-14-18-23/h9-18,20-21,24,28H,19H2,1-8H3/t21-,24+/m1/s1. The van der Waals surface area contributed by atoms with Crippen LogP contribution >= 0.6 is 0 Å². The summed E-state index contributed by atoms with van der Waals surface area (Å²) in [7, 11) is -1.97. The van der Waals surface area contributed by atoms with Gasteiger partial charge in [-0.15, -0.1) is 0 Å². The van der Waals surface area contributed by atoms with Gasteiger partial charge in [0.05, 0.1) is 12.1 Å². The van der Waals surface area contributed by atoms with Crippen LogP contribution in [0.3, 0.4) is 0 Å². The zero-order valence-electron chi connectivity index (χ0n) is 20.6. The summed E-state index contributed by atoms with van der Waals surface area (Å²) in [4.78, 5) is 0. The van der Waals surface area contributed by atoms with Gasteiger partial charge in [0.25, 0.3) is 0 Å². The summed E-state index contributed by atoms with van der Waals surface area (Å²) in [6, 6.07) is 21.3. The molecule has 1 aliphatic heterocycles. The predicted molar refractivity (Wildman–Crippen MR) is 135 cm³/mol. The van der Waals surface area contributed by atoms with Gasteiger partial charge >= 0.3 is 7.05 Å². The number of hydrogen-bond acceptors (Lipinski definition) is 3. The monoisotopic (exact) mass is 437 g/mol. The van der Waals surface area contributed by atoms with Gasteiger partial charge in [0.2, 0.25) is 0 Å². The van der Waals surface area contributed by atoms with Crippen molar-refractivity contribution in [2.75, 3.05) is 0 Å². The minimum atomic E-state index is -1.95. The van der Waals surface area contributed by atoms with Gasteiger partial charge < -0.3 is 14.3 Å². The Bertz CT molecular complexity index is 796. The number of nitrogens with one attached hydrogen (secondary N) is 1. The fourth-order valence-corrected chi connectivity index (χ4v) is 5.82. The molecule has 1 aliphatic rings. The fourth-order valence-electron chi connectivity index (χ4n) is 4.40. The zero-order valence-corrected chi connectivity index (χ0v) is 21.6. The minimum Gasteiger partial charge on any atom is -0.413 e. The Labute approximate surface area is 191 Å². The van der Waals surface area contributed by atoms with Gasteiger partial charge in [-0.25, -0.2) is 0 Å². The molecular formula is C26H40BNO2Si. The summed E-state index contributed by atoms with van der Waals surface area (Å²) in [5.74, 6) is 0.539. The Morgan fingerprint density at radius 3 is 1.87 bits per heavy atom. The molecule has 0 aliphatic carbocycles. The predicted octanol–water partition coefficient (Wildman–Crippen LogP) is 6.47. The second-order valence-electron chi connectivity index (χ2n) is 10.9. The summed E-state index contributed by atoms with van der Waals surface area (Å²) in [5, 5.41) is 4.01. The van der Waals surface area contributed by atoms with E-state index in [1.165, 1.54) is 11.1 Å². The van der Waals surface area contributed by atoms with Crippen molar-refractivity contribution in [2.45, 2.75) is 83.7 Å². The number of rotatable bonds is 7. The Hall–Kier alpha value is -1.40. The van der Waals surface area contributed by atoms with E-state index >= 15 is 0 Å². The average molecular weight is 438 g/mol. The van der Waals surface area contributed by atoms with Crippen LogP contribution in [-0.2, 0) is 14.7 Å². The maximum absolute atomic E-state index is 6.99. The third-order valence-electron chi connectivity index (χ3n) is 6.98. The lowest BCUT2D eigenvalue weighted by molar-refractivity contribution is 0.0496. The molecule has 3 rings (SSSR count). The first kappa shape index (κ1) is 24.2. The highest BCUT2D eigenvalue weighted by atomic mass is 28.4. The van der Waals surface area contributed by atoms with Crippen LogP contribution in [0.2, 0.25) is 24.5 Å². The molecule has 2 atom stereocenters. The van der Waals surface area contributed by atoms with Gasteiger partial charge in [-0.1, -0.05) is 95.3 Å². The Morgan fingerprint density at radius 1 is 0.968 bits per heavy atom. The molecule has 2 aromatic carbocycles. The molecule has 0 unspecified atom stereocenters. The number of hydrogen-bond donors (Lipinski definition) is 1. The van der Waals surface area contributed by atoms with E-state index in [9.17, 15) is 0 Å². The topological polar surface area (TPSA) is 30.5 Å². The van der Waals surface area contributed by atoms with Crippen molar-refractivity contribution >= 4 is 15.4 Å². The Kier molecular flexibility index (Phi) is 7.22. The van der Waals surface area contributed by atoms with Crippen LogP contribution in [0.4, 0.5) is 0 Å². The van der Waals surface area contributed by atoms with E-state index in [0.717, 1.165) is 6.32 Å². The lowest BCUT2D eigenvalue weighted by Crippen LogP contribution is -2.55. The van der Waals surface area contributed by atoms with E-state index in [-0.39, 0.29) is 24.2 Å². The molecular weight excluding hydrogens is 397 g/mol. The molecule has 0 bridgehead atoms. The summed E-state index contributed by atoms with van der Waals surface area (Å²) >= 11 is 0. The first-order chi connectivity index (χ1) is 14.5. The lowest BCUT2D eigenvalue weighted by Gasteiger charge is -2.44. The average Bonchev–Trinajstić information content (AvgIpc) is 3.08. The van der Waals surface area contributed by atoms with Crippen molar-refractivity contribution in [3.05, 3.63) is 71.8 Å². The highest BCUT2D eigenvalue weighted by Crippen LogP contribution is 2.45. The normalized spacial score (nSPS) is 20.3. The van der Waals surface area contributed by atoms with Gasteiger partial charge in [-0.2, -0.15) is 0 Å². The second kappa shape index (κ2) is 9.22. The van der Waals surface area contributed by atoms with Crippen LogP contribution in [0.15, 0.2) is 60.7 Å². The molecule has 0 amide bonds. The summed E-state index contributed by atoms with van der Waals surface area (Å²) < 4.78 is 13.9. The van der Waals surface area contributed by atoms with E-state index in [2.05, 4.69) is 121 Å². The molecule has 1 N–H and O–H groups in total. The largest absolute Gasteiger partial charge is 0.413 e. The quantitative estimate of drug-likeness (QED) is 0.504.